The van der Waals surface area contributed by atoms with Crippen molar-refractivity contribution in [3.8, 4) is 5.75 Å². The lowest BCUT2D eigenvalue weighted by Crippen LogP contribution is -2.34. The Morgan fingerprint density at radius 1 is 1.23 bits per heavy atom. The van der Waals surface area contributed by atoms with E-state index >= 15 is 0 Å². The first kappa shape index (κ1) is 20.0. The van der Waals surface area contributed by atoms with Crippen LogP contribution in [0.2, 0.25) is 0 Å². The average molecular weight is 464 g/mol. The smallest absolute Gasteiger partial charge is 0.246 e. The number of carbonyl (C=O) groups excluding carboxylic acids is 2. The van der Waals surface area contributed by atoms with Gasteiger partial charge < -0.3 is 15.0 Å². The molecule has 0 heterocycles. The third kappa shape index (κ3) is 5.87. The summed E-state index contributed by atoms with van der Waals surface area (Å²) in [4.78, 5) is 25.7. The number of likely N-dealkylation sites (N-methyl/N-ethyl adjacent to an activating group) is 1. The van der Waals surface area contributed by atoms with Crippen molar-refractivity contribution < 1.29 is 14.3 Å². The van der Waals surface area contributed by atoms with E-state index in [1.165, 1.54) is 11.0 Å². The van der Waals surface area contributed by atoms with Crippen LogP contribution in [0, 0.1) is 10.5 Å². The SMILES string of the molecule is COc1cccc(/C=C/C(=O)N(C)CC(=O)Nc2ccc(I)cc2C)c1. The number of benzene rings is 2. The highest BCUT2D eigenvalue weighted by Gasteiger charge is 2.11. The lowest BCUT2D eigenvalue weighted by atomic mass is 10.2. The van der Waals surface area contributed by atoms with Crippen molar-refractivity contribution in [1.29, 1.82) is 0 Å². The van der Waals surface area contributed by atoms with E-state index in [4.69, 9.17) is 4.74 Å². The van der Waals surface area contributed by atoms with Crippen molar-refractivity contribution in [1.82, 2.24) is 4.90 Å². The molecule has 0 aliphatic rings. The van der Waals surface area contributed by atoms with Gasteiger partial charge in [0, 0.05) is 22.4 Å². The van der Waals surface area contributed by atoms with Gasteiger partial charge in [0.05, 0.1) is 13.7 Å². The molecule has 0 atom stereocenters. The van der Waals surface area contributed by atoms with Crippen LogP contribution >= 0.6 is 22.6 Å². The minimum atomic E-state index is -0.248. The van der Waals surface area contributed by atoms with Crippen LogP contribution in [0.25, 0.3) is 6.08 Å². The molecule has 2 aromatic carbocycles. The molecule has 0 aromatic heterocycles. The van der Waals surface area contributed by atoms with Gasteiger partial charge in [0.25, 0.3) is 0 Å². The first-order chi connectivity index (χ1) is 12.4. The summed E-state index contributed by atoms with van der Waals surface area (Å²) in [5.74, 6) is 0.238. The standard InChI is InChI=1S/C20H21IN2O3/c1-14-11-16(21)8-9-18(14)22-19(24)13-23(2)20(25)10-7-15-5-4-6-17(12-15)26-3/h4-12H,13H2,1-3H3,(H,22,24)/b10-7+. The number of hydrogen-bond donors (Lipinski definition) is 1. The van der Waals surface area contributed by atoms with Gasteiger partial charge in [-0.25, -0.2) is 0 Å². The molecule has 0 bridgehead atoms. The molecule has 0 spiro atoms. The van der Waals surface area contributed by atoms with Crippen LogP contribution in [-0.4, -0.2) is 37.4 Å². The summed E-state index contributed by atoms with van der Waals surface area (Å²) in [6.45, 7) is 1.91. The van der Waals surface area contributed by atoms with Crippen LogP contribution in [0.15, 0.2) is 48.5 Å². The maximum Gasteiger partial charge on any atom is 0.246 e. The molecule has 1 N–H and O–H groups in total. The first-order valence-corrected chi connectivity index (χ1v) is 9.10. The highest BCUT2D eigenvalue weighted by Crippen LogP contribution is 2.17. The summed E-state index contributed by atoms with van der Waals surface area (Å²) < 4.78 is 6.26. The highest BCUT2D eigenvalue weighted by molar-refractivity contribution is 14.1. The molecule has 0 saturated heterocycles. The molecule has 2 amide bonds. The zero-order valence-electron chi connectivity index (χ0n) is 15.0. The van der Waals surface area contributed by atoms with Crippen molar-refractivity contribution in [3.05, 3.63) is 63.2 Å². The van der Waals surface area contributed by atoms with E-state index in [-0.39, 0.29) is 18.4 Å². The lowest BCUT2D eigenvalue weighted by molar-refractivity contribution is -0.129. The van der Waals surface area contributed by atoms with E-state index in [2.05, 4.69) is 27.9 Å². The number of nitrogens with zero attached hydrogens (tertiary/aromatic N) is 1. The van der Waals surface area contributed by atoms with Crippen LogP contribution in [0.5, 0.6) is 5.75 Å². The Labute approximate surface area is 167 Å². The molecule has 0 aliphatic carbocycles. The fraction of sp³-hybridized carbons (Fsp3) is 0.200. The summed E-state index contributed by atoms with van der Waals surface area (Å²) in [6.07, 6.45) is 3.14. The molecule has 0 radical (unpaired) electrons. The fourth-order valence-electron chi connectivity index (χ4n) is 2.29. The van der Waals surface area contributed by atoms with Crippen LogP contribution in [0.3, 0.4) is 0 Å². The van der Waals surface area contributed by atoms with Crippen LogP contribution < -0.4 is 10.1 Å². The van der Waals surface area contributed by atoms with Crippen LogP contribution in [-0.2, 0) is 9.59 Å². The Morgan fingerprint density at radius 3 is 2.69 bits per heavy atom. The molecule has 6 heteroatoms. The maximum absolute atomic E-state index is 12.2. The Hall–Kier alpha value is -2.35. The van der Waals surface area contributed by atoms with E-state index < -0.39 is 0 Å². The van der Waals surface area contributed by atoms with E-state index in [1.54, 1.807) is 20.2 Å². The second-order valence-electron chi connectivity index (χ2n) is 5.81. The number of anilines is 1. The number of hydrogen-bond acceptors (Lipinski definition) is 3. The normalized spacial score (nSPS) is 10.6. The topological polar surface area (TPSA) is 58.6 Å². The Kier molecular flexibility index (Phi) is 7.20. The first-order valence-electron chi connectivity index (χ1n) is 8.02. The third-order valence-corrected chi connectivity index (χ3v) is 4.40. The second kappa shape index (κ2) is 9.38. The number of methoxy groups -OCH3 is 1. The largest absolute Gasteiger partial charge is 0.497 e. The van der Waals surface area contributed by atoms with Crippen molar-refractivity contribution in [3.63, 3.8) is 0 Å². The number of nitrogens with one attached hydrogen (secondary N) is 1. The van der Waals surface area contributed by atoms with Crippen molar-refractivity contribution in [2.75, 3.05) is 26.0 Å². The average Bonchev–Trinajstić information content (AvgIpc) is 2.62. The minimum absolute atomic E-state index is 0.0211. The zero-order valence-corrected chi connectivity index (χ0v) is 17.1. The van der Waals surface area contributed by atoms with Gasteiger partial charge in [-0.1, -0.05) is 12.1 Å². The van der Waals surface area contributed by atoms with Gasteiger partial charge in [0.2, 0.25) is 11.8 Å². The third-order valence-electron chi connectivity index (χ3n) is 3.73. The molecule has 0 unspecified atom stereocenters. The predicted molar refractivity (Wildman–Crippen MR) is 112 cm³/mol. The lowest BCUT2D eigenvalue weighted by Gasteiger charge is -2.15. The molecule has 0 saturated carbocycles. The van der Waals surface area contributed by atoms with Crippen molar-refractivity contribution >= 4 is 46.2 Å². The fourth-order valence-corrected chi connectivity index (χ4v) is 2.94. The van der Waals surface area contributed by atoms with Gasteiger partial charge in [-0.05, 0) is 77.0 Å². The molecule has 0 fully saturated rings. The minimum Gasteiger partial charge on any atom is -0.497 e. The summed E-state index contributed by atoms with van der Waals surface area (Å²) in [6, 6.07) is 13.2. The van der Waals surface area contributed by atoms with Gasteiger partial charge >= 0.3 is 0 Å². The number of halogens is 1. The van der Waals surface area contributed by atoms with Gasteiger partial charge in [0.15, 0.2) is 0 Å². The van der Waals surface area contributed by atoms with E-state index in [0.717, 1.165) is 26.1 Å². The van der Waals surface area contributed by atoms with Crippen molar-refractivity contribution in [2.45, 2.75) is 6.92 Å². The Balaban J connectivity index is 1.93. The molecule has 2 rings (SSSR count). The molecule has 26 heavy (non-hydrogen) atoms. The molecule has 5 nitrogen and oxygen atoms in total. The Morgan fingerprint density at radius 2 is 2.00 bits per heavy atom. The highest BCUT2D eigenvalue weighted by atomic mass is 127. The molecule has 0 aliphatic heterocycles. The van der Waals surface area contributed by atoms with E-state index in [9.17, 15) is 9.59 Å². The van der Waals surface area contributed by atoms with Crippen molar-refractivity contribution in [2.24, 2.45) is 0 Å². The molecular weight excluding hydrogens is 443 g/mol. The quantitative estimate of drug-likeness (QED) is 0.524. The number of carbonyl (C=O) groups is 2. The van der Waals surface area contributed by atoms with Gasteiger partial charge in [-0.2, -0.15) is 0 Å². The van der Waals surface area contributed by atoms with E-state index in [1.807, 2.05) is 49.4 Å². The zero-order chi connectivity index (χ0) is 19.1. The molecule has 136 valence electrons. The predicted octanol–water partition coefficient (Wildman–Crippen LogP) is 3.72. The number of ether oxygens (including phenoxy) is 1. The van der Waals surface area contributed by atoms with Crippen LogP contribution in [0.4, 0.5) is 5.69 Å². The molecular formula is C20H21IN2O3. The van der Waals surface area contributed by atoms with Crippen LogP contribution in [0.1, 0.15) is 11.1 Å². The number of aryl methyl sites for hydroxylation is 1. The summed E-state index contributed by atoms with van der Waals surface area (Å²) in [7, 11) is 3.19. The molecule has 2 aromatic rings. The van der Waals surface area contributed by atoms with Gasteiger partial charge in [0.1, 0.15) is 5.75 Å². The maximum atomic E-state index is 12.2. The number of rotatable bonds is 6. The Bertz CT molecular complexity index is 834. The summed E-state index contributed by atoms with van der Waals surface area (Å²) in [5.41, 5.74) is 2.59. The van der Waals surface area contributed by atoms with Gasteiger partial charge in [-0.15, -0.1) is 0 Å². The van der Waals surface area contributed by atoms with E-state index in [0.29, 0.717) is 0 Å². The van der Waals surface area contributed by atoms with Gasteiger partial charge in [-0.3, -0.25) is 9.59 Å². The summed E-state index contributed by atoms with van der Waals surface area (Å²) in [5, 5.41) is 2.84. The monoisotopic (exact) mass is 464 g/mol. The second-order valence-corrected chi connectivity index (χ2v) is 7.06. The number of amides is 2. The summed E-state index contributed by atoms with van der Waals surface area (Å²) >= 11 is 2.22.